The summed E-state index contributed by atoms with van der Waals surface area (Å²) in [5.41, 5.74) is 4.37. The molecule has 0 saturated carbocycles. The standard InChI is InChI=1S/C20H21N3O4/c1-11-4-5-14(19(25)27-3)9-17(11)23-20(26)21-12(2)13-6-7-16-15(8-13)10-18(24)22-16/h4-9,12H,10H2,1-3H3,(H,22,24)(H2,21,23,26)/t12-/m1/s1. The lowest BCUT2D eigenvalue weighted by atomic mass is 10.0. The van der Waals surface area contributed by atoms with Gasteiger partial charge in [0.25, 0.3) is 0 Å². The molecule has 3 amide bonds. The Morgan fingerprint density at radius 2 is 1.96 bits per heavy atom. The summed E-state index contributed by atoms with van der Waals surface area (Å²) in [4.78, 5) is 35.5. The van der Waals surface area contributed by atoms with E-state index < -0.39 is 5.97 Å². The van der Waals surface area contributed by atoms with Crippen LogP contribution in [0.2, 0.25) is 0 Å². The summed E-state index contributed by atoms with van der Waals surface area (Å²) in [6.07, 6.45) is 0.349. The largest absolute Gasteiger partial charge is 0.465 e. The van der Waals surface area contributed by atoms with Crippen molar-refractivity contribution in [3.05, 3.63) is 58.7 Å². The number of nitrogens with one attached hydrogen (secondary N) is 3. The molecule has 0 saturated heterocycles. The number of anilines is 2. The van der Waals surface area contributed by atoms with Gasteiger partial charge in [-0.3, -0.25) is 4.79 Å². The van der Waals surface area contributed by atoms with Crippen molar-refractivity contribution in [3.8, 4) is 0 Å². The van der Waals surface area contributed by atoms with Crippen molar-refractivity contribution in [1.82, 2.24) is 5.32 Å². The van der Waals surface area contributed by atoms with Crippen molar-refractivity contribution in [2.24, 2.45) is 0 Å². The zero-order chi connectivity index (χ0) is 19.6. The molecule has 7 nitrogen and oxygen atoms in total. The van der Waals surface area contributed by atoms with Crippen LogP contribution in [0.1, 0.15) is 40.0 Å². The monoisotopic (exact) mass is 367 g/mol. The highest BCUT2D eigenvalue weighted by Gasteiger charge is 2.19. The molecule has 27 heavy (non-hydrogen) atoms. The van der Waals surface area contributed by atoms with E-state index in [1.807, 2.05) is 32.0 Å². The third-order valence-electron chi connectivity index (χ3n) is 4.51. The van der Waals surface area contributed by atoms with Crippen LogP contribution in [0.4, 0.5) is 16.2 Å². The number of hydrogen-bond donors (Lipinski definition) is 3. The fourth-order valence-corrected chi connectivity index (χ4v) is 2.96. The van der Waals surface area contributed by atoms with Gasteiger partial charge in [-0.1, -0.05) is 18.2 Å². The normalized spacial score (nSPS) is 13.4. The van der Waals surface area contributed by atoms with Gasteiger partial charge < -0.3 is 20.7 Å². The maximum absolute atomic E-state index is 12.4. The lowest BCUT2D eigenvalue weighted by Gasteiger charge is -2.17. The molecule has 1 aliphatic heterocycles. The number of ether oxygens (including phenoxy) is 1. The van der Waals surface area contributed by atoms with E-state index in [2.05, 4.69) is 16.0 Å². The summed E-state index contributed by atoms with van der Waals surface area (Å²) in [6, 6.07) is 9.97. The SMILES string of the molecule is COC(=O)c1ccc(C)c(NC(=O)N[C@H](C)c2ccc3c(c2)CC(=O)N3)c1. The predicted octanol–water partition coefficient (Wildman–Crippen LogP) is 3.16. The van der Waals surface area contributed by atoms with E-state index in [0.29, 0.717) is 17.7 Å². The molecular formula is C20H21N3O4. The minimum Gasteiger partial charge on any atom is -0.465 e. The number of urea groups is 1. The Kier molecular flexibility index (Phi) is 5.12. The Morgan fingerprint density at radius 3 is 2.70 bits per heavy atom. The van der Waals surface area contributed by atoms with E-state index in [1.54, 1.807) is 18.2 Å². The molecule has 140 valence electrons. The summed E-state index contributed by atoms with van der Waals surface area (Å²) in [6.45, 7) is 3.70. The van der Waals surface area contributed by atoms with Gasteiger partial charge in [-0.15, -0.1) is 0 Å². The third-order valence-corrected chi connectivity index (χ3v) is 4.51. The van der Waals surface area contributed by atoms with Crippen LogP contribution < -0.4 is 16.0 Å². The molecule has 0 radical (unpaired) electrons. The zero-order valence-electron chi connectivity index (χ0n) is 15.4. The predicted molar refractivity (Wildman–Crippen MR) is 102 cm³/mol. The van der Waals surface area contributed by atoms with Crippen molar-refractivity contribution >= 4 is 29.3 Å². The molecule has 0 spiro atoms. The van der Waals surface area contributed by atoms with Gasteiger partial charge in [-0.25, -0.2) is 9.59 Å². The number of rotatable bonds is 4. The minimum atomic E-state index is -0.465. The number of benzene rings is 2. The molecule has 2 aromatic rings. The van der Waals surface area contributed by atoms with Crippen LogP contribution in [-0.2, 0) is 16.0 Å². The molecule has 1 atom stereocenters. The van der Waals surface area contributed by atoms with E-state index in [0.717, 1.165) is 22.4 Å². The second kappa shape index (κ2) is 7.49. The van der Waals surface area contributed by atoms with Gasteiger partial charge in [-0.05, 0) is 48.7 Å². The highest BCUT2D eigenvalue weighted by molar-refractivity contribution is 5.99. The molecule has 0 aliphatic carbocycles. The molecule has 7 heteroatoms. The Morgan fingerprint density at radius 1 is 1.19 bits per heavy atom. The first-order valence-electron chi connectivity index (χ1n) is 8.56. The number of methoxy groups -OCH3 is 1. The fraction of sp³-hybridized carbons (Fsp3) is 0.250. The van der Waals surface area contributed by atoms with Crippen molar-refractivity contribution in [1.29, 1.82) is 0 Å². The summed E-state index contributed by atoms with van der Waals surface area (Å²) < 4.78 is 4.71. The van der Waals surface area contributed by atoms with Gasteiger partial charge in [-0.2, -0.15) is 0 Å². The van der Waals surface area contributed by atoms with E-state index in [-0.39, 0.29) is 18.0 Å². The Bertz CT molecular complexity index is 923. The van der Waals surface area contributed by atoms with Gasteiger partial charge in [0, 0.05) is 11.4 Å². The van der Waals surface area contributed by atoms with Crippen LogP contribution in [0.3, 0.4) is 0 Å². The second-order valence-electron chi connectivity index (χ2n) is 6.48. The number of aryl methyl sites for hydroxylation is 1. The topological polar surface area (TPSA) is 96.5 Å². The van der Waals surface area contributed by atoms with Crippen LogP contribution in [-0.4, -0.2) is 25.0 Å². The molecular weight excluding hydrogens is 346 g/mol. The van der Waals surface area contributed by atoms with Gasteiger partial charge >= 0.3 is 12.0 Å². The van der Waals surface area contributed by atoms with E-state index in [1.165, 1.54) is 7.11 Å². The molecule has 1 heterocycles. The summed E-state index contributed by atoms with van der Waals surface area (Å²) >= 11 is 0. The summed E-state index contributed by atoms with van der Waals surface area (Å²) in [5, 5.41) is 8.42. The highest BCUT2D eigenvalue weighted by Crippen LogP contribution is 2.26. The number of amides is 3. The van der Waals surface area contributed by atoms with Gasteiger partial charge in [0.05, 0.1) is 25.1 Å². The van der Waals surface area contributed by atoms with Gasteiger partial charge in [0.15, 0.2) is 0 Å². The molecule has 0 unspecified atom stereocenters. The highest BCUT2D eigenvalue weighted by atomic mass is 16.5. The van der Waals surface area contributed by atoms with Gasteiger partial charge in [0.1, 0.15) is 0 Å². The minimum absolute atomic E-state index is 0.0264. The van der Waals surface area contributed by atoms with Crippen LogP contribution >= 0.6 is 0 Å². The lowest BCUT2D eigenvalue weighted by Crippen LogP contribution is -2.31. The smallest absolute Gasteiger partial charge is 0.337 e. The van der Waals surface area contributed by atoms with E-state index >= 15 is 0 Å². The molecule has 1 aliphatic rings. The molecule has 0 bridgehead atoms. The van der Waals surface area contributed by atoms with E-state index in [9.17, 15) is 14.4 Å². The van der Waals surface area contributed by atoms with Crippen LogP contribution in [0.5, 0.6) is 0 Å². The first-order valence-corrected chi connectivity index (χ1v) is 8.56. The number of carbonyl (C=O) groups is 3. The number of esters is 1. The molecule has 0 aromatic heterocycles. The van der Waals surface area contributed by atoms with Crippen molar-refractivity contribution in [2.45, 2.75) is 26.3 Å². The van der Waals surface area contributed by atoms with E-state index in [4.69, 9.17) is 4.74 Å². The summed E-state index contributed by atoms with van der Waals surface area (Å²) in [7, 11) is 1.31. The molecule has 2 aromatic carbocycles. The Balaban J connectivity index is 1.68. The fourth-order valence-electron chi connectivity index (χ4n) is 2.96. The number of fused-ring (bicyclic) bond motifs is 1. The van der Waals surface area contributed by atoms with Crippen molar-refractivity contribution < 1.29 is 19.1 Å². The van der Waals surface area contributed by atoms with Crippen LogP contribution in [0.25, 0.3) is 0 Å². The second-order valence-corrected chi connectivity index (χ2v) is 6.48. The lowest BCUT2D eigenvalue weighted by molar-refractivity contribution is -0.115. The Labute approximate surface area is 157 Å². The zero-order valence-corrected chi connectivity index (χ0v) is 15.4. The third kappa shape index (κ3) is 4.08. The van der Waals surface area contributed by atoms with Crippen molar-refractivity contribution in [2.75, 3.05) is 17.7 Å². The average Bonchev–Trinajstić information content (AvgIpc) is 3.01. The van der Waals surface area contributed by atoms with Crippen molar-refractivity contribution in [3.63, 3.8) is 0 Å². The van der Waals surface area contributed by atoms with Crippen LogP contribution in [0, 0.1) is 6.92 Å². The summed E-state index contributed by atoms with van der Waals surface area (Å²) in [5.74, 6) is -0.491. The molecule has 3 N–H and O–H groups in total. The quantitative estimate of drug-likeness (QED) is 0.723. The maximum atomic E-state index is 12.4. The Hall–Kier alpha value is -3.35. The van der Waals surface area contributed by atoms with Gasteiger partial charge in [0.2, 0.25) is 5.91 Å². The first kappa shape index (κ1) is 18.4. The first-order chi connectivity index (χ1) is 12.9. The van der Waals surface area contributed by atoms with Crippen LogP contribution in [0.15, 0.2) is 36.4 Å². The number of hydrogen-bond acceptors (Lipinski definition) is 4. The molecule has 0 fully saturated rings. The maximum Gasteiger partial charge on any atom is 0.337 e. The average molecular weight is 367 g/mol. The molecule has 3 rings (SSSR count). The number of carbonyl (C=O) groups excluding carboxylic acids is 3.